The van der Waals surface area contributed by atoms with Crippen LogP contribution in [0.15, 0.2) is 35.5 Å². The van der Waals surface area contributed by atoms with Gasteiger partial charge in [0, 0.05) is 24.8 Å². The SMILES string of the molecule is c1ccc(CCO/N=C2\[C@H]3C[C@H]([C@@H]4CCC[C@@H]43)[C@H]2CN2CCCC2)cc1. The van der Waals surface area contributed by atoms with E-state index in [0.717, 1.165) is 30.1 Å². The average Bonchev–Trinajstić information content (AvgIpc) is 3.43. The van der Waals surface area contributed by atoms with Gasteiger partial charge in [-0.05, 0) is 68.5 Å². The van der Waals surface area contributed by atoms with Gasteiger partial charge in [-0.25, -0.2) is 0 Å². The summed E-state index contributed by atoms with van der Waals surface area (Å²) in [5.74, 6) is 4.22. The van der Waals surface area contributed by atoms with Crippen LogP contribution < -0.4 is 0 Å². The van der Waals surface area contributed by atoms with Crippen molar-refractivity contribution in [3.05, 3.63) is 35.9 Å². The predicted molar refractivity (Wildman–Crippen MR) is 105 cm³/mol. The lowest BCUT2D eigenvalue weighted by atomic mass is 9.74. The molecule has 5 atom stereocenters. The van der Waals surface area contributed by atoms with Crippen LogP contribution in [0.1, 0.15) is 44.1 Å². The first-order valence-corrected chi connectivity index (χ1v) is 10.9. The summed E-state index contributed by atoms with van der Waals surface area (Å²) in [4.78, 5) is 8.58. The Bertz CT molecular complexity index is 637. The van der Waals surface area contributed by atoms with Crippen LogP contribution in [0.5, 0.6) is 0 Å². The van der Waals surface area contributed by atoms with Crippen molar-refractivity contribution in [1.82, 2.24) is 4.90 Å². The van der Waals surface area contributed by atoms with Crippen molar-refractivity contribution in [3.63, 3.8) is 0 Å². The highest BCUT2D eigenvalue weighted by molar-refractivity contribution is 5.92. The fourth-order valence-corrected chi connectivity index (χ4v) is 6.52. The molecule has 3 aliphatic carbocycles. The molecule has 1 aromatic rings. The van der Waals surface area contributed by atoms with Gasteiger partial charge < -0.3 is 9.74 Å². The van der Waals surface area contributed by atoms with E-state index in [1.807, 2.05) is 0 Å². The molecule has 5 rings (SSSR count). The Balaban J connectivity index is 1.26. The molecule has 0 radical (unpaired) electrons. The zero-order valence-electron chi connectivity index (χ0n) is 15.9. The number of hydrogen-bond acceptors (Lipinski definition) is 3. The first kappa shape index (κ1) is 16.8. The number of oxime groups is 1. The molecule has 3 nitrogen and oxygen atoms in total. The van der Waals surface area contributed by atoms with Crippen LogP contribution in [0.25, 0.3) is 0 Å². The van der Waals surface area contributed by atoms with Gasteiger partial charge in [0.1, 0.15) is 6.61 Å². The minimum absolute atomic E-state index is 0.675. The van der Waals surface area contributed by atoms with Gasteiger partial charge in [-0.2, -0.15) is 0 Å². The lowest BCUT2D eigenvalue weighted by molar-refractivity contribution is 0.137. The third-order valence-corrected chi connectivity index (χ3v) is 7.64. The Labute approximate surface area is 157 Å². The Kier molecular flexibility index (Phi) is 4.74. The highest BCUT2D eigenvalue weighted by Crippen LogP contribution is 2.59. The topological polar surface area (TPSA) is 24.8 Å². The normalized spacial score (nSPS) is 37.5. The highest BCUT2D eigenvalue weighted by atomic mass is 16.6. The van der Waals surface area contributed by atoms with Crippen molar-refractivity contribution in [2.24, 2.45) is 34.7 Å². The second kappa shape index (κ2) is 7.34. The first-order chi connectivity index (χ1) is 12.9. The number of fused-ring (bicyclic) bond motifs is 5. The van der Waals surface area contributed by atoms with Crippen LogP contribution in [0.2, 0.25) is 0 Å². The van der Waals surface area contributed by atoms with Crippen LogP contribution in [0.3, 0.4) is 0 Å². The Hall–Kier alpha value is -1.35. The largest absolute Gasteiger partial charge is 0.395 e. The third-order valence-electron chi connectivity index (χ3n) is 7.64. The maximum absolute atomic E-state index is 5.89. The maximum atomic E-state index is 5.89. The lowest BCUT2D eigenvalue weighted by Crippen LogP contribution is -2.40. The molecule has 26 heavy (non-hydrogen) atoms. The molecule has 1 aromatic carbocycles. The molecule has 2 bridgehead atoms. The van der Waals surface area contributed by atoms with Crippen molar-refractivity contribution >= 4 is 5.71 Å². The fourth-order valence-electron chi connectivity index (χ4n) is 6.52. The number of hydrogen-bond donors (Lipinski definition) is 0. The van der Waals surface area contributed by atoms with Gasteiger partial charge in [0.05, 0.1) is 5.71 Å². The molecule has 0 aromatic heterocycles. The van der Waals surface area contributed by atoms with E-state index < -0.39 is 0 Å². The molecule has 1 heterocycles. The monoisotopic (exact) mass is 352 g/mol. The van der Waals surface area contributed by atoms with E-state index in [1.54, 1.807) is 0 Å². The molecule has 4 aliphatic rings. The molecule has 0 amide bonds. The zero-order valence-corrected chi connectivity index (χ0v) is 15.9. The van der Waals surface area contributed by atoms with Crippen LogP contribution in [0.4, 0.5) is 0 Å². The van der Waals surface area contributed by atoms with Gasteiger partial charge in [-0.15, -0.1) is 0 Å². The summed E-state index contributed by atoms with van der Waals surface area (Å²) in [5.41, 5.74) is 2.78. The second-order valence-corrected chi connectivity index (χ2v) is 8.96. The molecule has 1 saturated heterocycles. The van der Waals surface area contributed by atoms with E-state index in [9.17, 15) is 0 Å². The van der Waals surface area contributed by atoms with Crippen LogP contribution in [-0.4, -0.2) is 36.9 Å². The summed E-state index contributed by atoms with van der Waals surface area (Å²) in [7, 11) is 0. The average molecular weight is 353 g/mol. The van der Waals surface area contributed by atoms with Crippen LogP contribution >= 0.6 is 0 Å². The summed E-state index contributed by atoms with van der Waals surface area (Å²) < 4.78 is 0. The standard InChI is InChI=1S/C23H32N2O/c1-2-7-17(8-3-1)11-14-26-24-23-21-15-20(18-9-6-10-19(18)21)22(23)16-25-12-4-5-13-25/h1-3,7-8,18-22H,4-6,9-16H2/b24-23+/t18-,19+,20-,21+,22-/m1/s1. The van der Waals surface area contributed by atoms with Crippen molar-refractivity contribution in [3.8, 4) is 0 Å². The van der Waals surface area contributed by atoms with Crippen molar-refractivity contribution < 1.29 is 4.84 Å². The summed E-state index contributed by atoms with van der Waals surface area (Å²) in [6, 6.07) is 10.6. The number of benzene rings is 1. The second-order valence-electron chi connectivity index (χ2n) is 8.96. The Morgan fingerprint density at radius 2 is 1.77 bits per heavy atom. The molecule has 0 N–H and O–H groups in total. The molecule has 4 fully saturated rings. The molecule has 0 unspecified atom stereocenters. The molecule has 1 aliphatic heterocycles. The molecule has 0 spiro atoms. The van der Waals surface area contributed by atoms with Gasteiger partial charge in [0.2, 0.25) is 0 Å². The van der Waals surface area contributed by atoms with Crippen LogP contribution in [0, 0.1) is 29.6 Å². The quantitative estimate of drug-likeness (QED) is 0.561. The van der Waals surface area contributed by atoms with E-state index in [2.05, 4.69) is 35.2 Å². The number of rotatable bonds is 6. The summed E-state index contributed by atoms with van der Waals surface area (Å²) >= 11 is 0. The number of likely N-dealkylation sites (tertiary alicyclic amines) is 1. The van der Waals surface area contributed by atoms with Gasteiger partial charge in [0.25, 0.3) is 0 Å². The minimum Gasteiger partial charge on any atom is -0.395 e. The van der Waals surface area contributed by atoms with E-state index in [0.29, 0.717) is 12.5 Å². The molecule has 140 valence electrons. The lowest BCUT2D eigenvalue weighted by Gasteiger charge is -2.34. The van der Waals surface area contributed by atoms with E-state index in [1.165, 1.54) is 69.4 Å². The van der Waals surface area contributed by atoms with Gasteiger partial charge in [-0.3, -0.25) is 0 Å². The Morgan fingerprint density at radius 3 is 2.62 bits per heavy atom. The summed E-state index contributed by atoms with van der Waals surface area (Å²) in [6.45, 7) is 4.54. The smallest absolute Gasteiger partial charge is 0.121 e. The molecular weight excluding hydrogens is 320 g/mol. The van der Waals surface area contributed by atoms with Gasteiger partial charge in [-0.1, -0.05) is 41.9 Å². The minimum atomic E-state index is 0.675. The summed E-state index contributed by atoms with van der Waals surface area (Å²) in [6.07, 6.45) is 9.47. The van der Waals surface area contributed by atoms with Gasteiger partial charge >= 0.3 is 0 Å². The Morgan fingerprint density at radius 1 is 0.962 bits per heavy atom. The highest BCUT2D eigenvalue weighted by Gasteiger charge is 2.57. The van der Waals surface area contributed by atoms with Gasteiger partial charge in [0.15, 0.2) is 0 Å². The fraction of sp³-hybridized carbons (Fsp3) is 0.696. The molecule has 3 heteroatoms. The van der Waals surface area contributed by atoms with E-state index in [-0.39, 0.29) is 0 Å². The molecular formula is C23H32N2O. The first-order valence-electron chi connectivity index (χ1n) is 10.9. The maximum Gasteiger partial charge on any atom is 0.121 e. The van der Waals surface area contributed by atoms with E-state index >= 15 is 0 Å². The van der Waals surface area contributed by atoms with Crippen molar-refractivity contribution in [1.29, 1.82) is 0 Å². The van der Waals surface area contributed by atoms with Crippen molar-refractivity contribution in [2.45, 2.75) is 44.9 Å². The number of nitrogens with zero attached hydrogens (tertiary/aromatic N) is 2. The molecule has 3 saturated carbocycles. The summed E-state index contributed by atoms with van der Waals surface area (Å²) in [5, 5.41) is 4.79. The van der Waals surface area contributed by atoms with Crippen molar-refractivity contribution in [2.75, 3.05) is 26.2 Å². The van der Waals surface area contributed by atoms with E-state index in [4.69, 9.17) is 9.99 Å². The predicted octanol–water partition coefficient (Wildman–Crippen LogP) is 4.38. The zero-order chi connectivity index (χ0) is 17.3. The third kappa shape index (κ3) is 3.09. The van der Waals surface area contributed by atoms with Crippen LogP contribution in [-0.2, 0) is 11.3 Å².